The first kappa shape index (κ1) is 16.8. The standard InChI is InChI=1S/C2H4NO3.HNO3.Y/c1-2-6-3(4)5;2-1(3)4;/h1-2H2;(H,2,3,4);/q-1;;. The van der Waals surface area contributed by atoms with Gasteiger partial charge in [-0.15, -0.1) is 20.2 Å². The predicted molar refractivity (Wildman–Crippen MR) is 27.1 cm³/mol. The van der Waals surface area contributed by atoms with Crippen LogP contribution in [0.25, 0.3) is 0 Å². The van der Waals surface area contributed by atoms with E-state index >= 15 is 0 Å². The molecule has 0 aliphatic carbocycles. The molecule has 63 valence electrons. The Balaban J connectivity index is -0.000000114. The van der Waals surface area contributed by atoms with Crippen molar-refractivity contribution < 1.29 is 52.9 Å². The first-order valence-corrected chi connectivity index (χ1v) is 1.90. The maximum atomic E-state index is 9.14. The smallest absolute Gasteiger partial charge is 0.291 e. The largest absolute Gasteiger partial charge is 0.346 e. The van der Waals surface area contributed by atoms with Crippen molar-refractivity contribution in [1.82, 2.24) is 0 Å². The molecule has 0 spiro atoms. The molecule has 0 heterocycles. The Morgan fingerprint density at radius 2 is 1.73 bits per heavy atom. The third kappa shape index (κ3) is 85.4. The van der Waals surface area contributed by atoms with Gasteiger partial charge in [0.1, 0.15) is 0 Å². The fourth-order valence-electron chi connectivity index (χ4n) is 0.0745. The minimum atomic E-state index is -1.50. The van der Waals surface area contributed by atoms with E-state index in [9.17, 15) is 0 Å². The molecule has 9 heteroatoms. The average Bonchev–Trinajstić information content (AvgIpc) is 1.62. The molecule has 1 N–H and O–H groups in total. The zero-order chi connectivity index (χ0) is 8.57. The van der Waals surface area contributed by atoms with Gasteiger partial charge in [-0.05, 0) is 6.61 Å². The summed E-state index contributed by atoms with van der Waals surface area (Å²) in [6.45, 7) is 2.94. The van der Waals surface area contributed by atoms with Crippen molar-refractivity contribution in [3.8, 4) is 0 Å². The van der Waals surface area contributed by atoms with Crippen LogP contribution in [0.3, 0.4) is 0 Å². The fourth-order valence-corrected chi connectivity index (χ4v) is 0.0745. The van der Waals surface area contributed by atoms with Crippen molar-refractivity contribution in [3.05, 3.63) is 27.2 Å². The molecular formula is C2H5N2O6Y-. The van der Waals surface area contributed by atoms with Gasteiger partial charge < -0.3 is 17.0 Å². The van der Waals surface area contributed by atoms with Gasteiger partial charge in [-0.3, -0.25) is 0 Å². The van der Waals surface area contributed by atoms with E-state index in [1.54, 1.807) is 0 Å². The Morgan fingerprint density at radius 3 is 1.73 bits per heavy atom. The van der Waals surface area contributed by atoms with Gasteiger partial charge in [-0.25, -0.2) is 0 Å². The van der Waals surface area contributed by atoms with E-state index in [2.05, 4.69) is 11.8 Å². The molecule has 0 saturated carbocycles. The molecule has 0 amide bonds. The summed E-state index contributed by atoms with van der Waals surface area (Å²) < 4.78 is 0. The fraction of sp³-hybridized carbons (Fsp3) is 0.500. The van der Waals surface area contributed by atoms with Gasteiger partial charge >= 0.3 is 0 Å². The number of hydrogen-bond donors (Lipinski definition) is 1. The van der Waals surface area contributed by atoms with Crippen LogP contribution in [-0.2, 0) is 37.5 Å². The second-order valence-electron chi connectivity index (χ2n) is 0.795. The summed E-state index contributed by atoms with van der Waals surface area (Å²) in [6, 6.07) is 0. The molecule has 0 aliphatic heterocycles. The zero-order valence-electron chi connectivity index (χ0n) is 5.37. The van der Waals surface area contributed by atoms with Crippen molar-refractivity contribution in [2.45, 2.75) is 0 Å². The van der Waals surface area contributed by atoms with Gasteiger partial charge in [-0.1, -0.05) is 0 Å². The summed E-state index contributed by atoms with van der Waals surface area (Å²) in [4.78, 5) is 21.2. The van der Waals surface area contributed by atoms with Crippen LogP contribution in [0.5, 0.6) is 0 Å². The zero-order valence-corrected chi connectivity index (χ0v) is 8.21. The van der Waals surface area contributed by atoms with E-state index < -0.39 is 10.2 Å². The summed E-state index contributed by atoms with van der Waals surface area (Å²) in [5.41, 5.74) is 0. The minimum Gasteiger partial charge on any atom is -0.346 e. The average molecular weight is 242 g/mol. The van der Waals surface area contributed by atoms with E-state index in [-0.39, 0.29) is 39.3 Å². The van der Waals surface area contributed by atoms with Gasteiger partial charge in [0, 0.05) is 32.7 Å². The summed E-state index contributed by atoms with van der Waals surface area (Å²) in [5.74, 6) is 0. The van der Waals surface area contributed by atoms with E-state index in [1.165, 1.54) is 0 Å². The van der Waals surface area contributed by atoms with Crippen molar-refractivity contribution in [3.63, 3.8) is 0 Å². The second-order valence-corrected chi connectivity index (χ2v) is 0.795. The van der Waals surface area contributed by atoms with Gasteiger partial charge in [-0.2, -0.15) is 0 Å². The number of hydrogen-bond acceptors (Lipinski definition) is 5. The molecule has 0 aromatic heterocycles. The molecule has 1 radical (unpaired) electrons. The molecule has 0 fully saturated rings. The molecule has 0 unspecified atom stereocenters. The first-order chi connectivity index (χ1) is 4.50. The second kappa shape index (κ2) is 12.2. The third-order valence-corrected chi connectivity index (χ3v) is 0.197. The van der Waals surface area contributed by atoms with Crippen LogP contribution < -0.4 is 0 Å². The molecule has 0 aromatic carbocycles. The van der Waals surface area contributed by atoms with Crippen LogP contribution in [-0.4, -0.2) is 22.0 Å². The summed E-state index contributed by atoms with van der Waals surface area (Å²) in [5, 5.41) is 21.9. The maximum absolute atomic E-state index is 9.14. The topological polar surface area (TPSA) is 116 Å². The normalized spacial score (nSPS) is 6.27. The summed E-state index contributed by atoms with van der Waals surface area (Å²) in [7, 11) is 0. The van der Waals surface area contributed by atoms with Crippen LogP contribution in [0.15, 0.2) is 0 Å². The Morgan fingerprint density at radius 1 is 1.45 bits per heavy atom. The molecular weight excluding hydrogens is 237 g/mol. The van der Waals surface area contributed by atoms with Gasteiger partial charge in [0.05, 0.1) is 0 Å². The van der Waals surface area contributed by atoms with Crippen LogP contribution in [0, 0.1) is 27.2 Å². The SMILES string of the molecule is O=[N+]([O-])O.[CH2-]CO[N+](=O)[O-].[Y]. The van der Waals surface area contributed by atoms with E-state index in [4.69, 9.17) is 25.4 Å². The monoisotopic (exact) mass is 242 g/mol. The summed E-state index contributed by atoms with van der Waals surface area (Å²) >= 11 is 0. The van der Waals surface area contributed by atoms with Gasteiger partial charge in [0.15, 0.2) is 0 Å². The van der Waals surface area contributed by atoms with Crippen LogP contribution in [0.4, 0.5) is 0 Å². The molecule has 11 heavy (non-hydrogen) atoms. The molecule has 8 nitrogen and oxygen atoms in total. The molecule has 0 bridgehead atoms. The van der Waals surface area contributed by atoms with Gasteiger partial charge in [0.25, 0.3) is 10.2 Å². The van der Waals surface area contributed by atoms with E-state index in [0.29, 0.717) is 0 Å². The molecule has 0 saturated heterocycles. The van der Waals surface area contributed by atoms with Crippen LogP contribution >= 0.6 is 0 Å². The molecule has 0 rings (SSSR count). The first-order valence-electron chi connectivity index (χ1n) is 1.90. The van der Waals surface area contributed by atoms with Crippen LogP contribution in [0.2, 0.25) is 0 Å². The predicted octanol–water partition coefficient (Wildman–Crippen LogP) is -0.321. The van der Waals surface area contributed by atoms with Crippen molar-refractivity contribution >= 4 is 0 Å². The quantitative estimate of drug-likeness (QED) is 0.403. The maximum Gasteiger partial charge on any atom is 0.291 e. The Labute approximate surface area is 86.6 Å². The Kier molecular flexibility index (Phi) is 18.7. The van der Waals surface area contributed by atoms with Crippen molar-refractivity contribution in [2.75, 3.05) is 6.61 Å². The number of rotatable bonds is 2. The van der Waals surface area contributed by atoms with E-state index in [1.807, 2.05) is 0 Å². The number of nitrogens with zero attached hydrogens (tertiary/aromatic N) is 2. The minimum absolute atomic E-state index is 0. The van der Waals surface area contributed by atoms with Crippen LogP contribution in [0.1, 0.15) is 0 Å². The Bertz CT molecular complexity index is 113. The third-order valence-electron chi connectivity index (χ3n) is 0.197. The molecule has 0 atom stereocenters. The molecule has 0 aromatic rings. The van der Waals surface area contributed by atoms with E-state index in [0.717, 1.165) is 0 Å². The van der Waals surface area contributed by atoms with Crippen molar-refractivity contribution in [1.29, 1.82) is 0 Å². The summed E-state index contributed by atoms with van der Waals surface area (Å²) in [6.07, 6.45) is 0. The van der Waals surface area contributed by atoms with Gasteiger partial charge in [0.2, 0.25) is 0 Å². The Hall–Kier alpha value is -0.496. The molecule has 0 aliphatic rings. The van der Waals surface area contributed by atoms with Crippen molar-refractivity contribution in [2.24, 2.45) is 0 Å².